The van der Waals surface area contributed by atoms with Gasteiger partial charge in [-0.15, -0.1) is 0 Å². The zero-order valence-electron chi connectivity index (χ0n) is 12.2. The normalized spacial score (nSPS) is 11.8. The zero-order chi connectivity index (χ0) is 15.2. The van der Waals surface area contributed by atoms with Crippen molar-refractivity contribution < 1.29 is 4.79 Å². The van der Waals surface area contributed by atoms with Crippen LogP contribution in [-0.2, 0) is 4.79 Å². The minimum absolute atomic E-state index is 0.0195. The van der Waals surface area contributed by atoms with Crippen LogP contribution in [0.5, 0.6) is 0 Å². The fourth-order valence-electron chi connectivity index (χ4n) is 2.06. The topological polar surface area (TPSA) is 41.1 Å². The lowest BCUT2D eigenvalue weighted by Crippen LogP contribution is -2.32. The predicted molar refractivity (Wildman–Crippen MR) is 87.7 cm³/mol. The van der Waals surface area contributed by atoms with Crippen molar-refractivity contribution >= 4 is 23.2 Å². The summed E-state index contributed by atoms with van der Waals surface area (Å²) in [5.74, 6) is -0.0667. The van der Waals surface area contributed by atoms with Gasteiger partial charge in [-0.05, 0) is 37.1 Å². The van der Waals surface area contributed by atoms with Crippen molar-refractivity contribution in [2.24, 2.45) is 0 Å². The van der Waals surface area contributed by atoms with Crippen LogP contribution in [0.4, 0.5) is 5.69 Å². The van der Waals surface area contributed by atoms with E-state index in [2.05, 4.69) is 10.6 Å². The smallest absolute Gasteiger partial charge is 0.239 e. The lowest BCUT2D eigenvalue weighted by molar-refractivity contribution is -0.120. The Morgan fingerprint density at radius 3 is 2.57 bits per heavy atom. The molecule has 0 saturated heterocycles. The number of amides is 1. The van der Waals surface area contributed by atoms with Crippen molar-refractivity contribution in [3.8, 4) is 0 Å². The molecular weight excluding hydrogens is 284 g/mol. The lowest BCUT2D eigenvalue weighted by Gasteiger charge is -2.15. The first-order valence-corrected chi connectivity index (χ1v) is 7.28. The molecule has 0 spiro atoms. The molecule has 2 aromatic carbocycles. The van der Waals surface area contributed by atoms with Gasteiger partial charge in [-0.3, -0.25) is 4.79 Å². The van der Waals surface area contributed by atoms with Gasteiger partial charge in [0.15, 0.2) is 0 Å². The Bertz CT molecular complexity index is 613. The van der Waals surface area contributed by atoms with Crippen LogP contribution in [0.3, 0.4) is 0 Å². The SMILES string of the molecule is Cc1ccc(NCC(=O)N[C@H](C)c2ccccc2)c(Cl)c1. The standard InChI is InChI=1S/C17H19ClN2O/c1-12-8-9-16(15(18)10-12)19-11-17(21)20-13(2)14-6-4-3-5-7-14/h3-10,13,19H,11H2,1-2H3,(H,20,21)/t13-/m1/s1. The second-order valence-corrected chi connectivity index (χ2v) is 5.44. The highest BCUT2D eigenvalue weighted by Crippen LogP contribution is 2.22. The quantitative estimate of drug-likeness (QED) is 0.878. The molecule has 0 aliphatic rings. The molecule has 4 heteroatoms. The first-order chi connectivity index (χ1) is 10.1. The summed E-state index contributed by atoms with van der Waals surface area (Å²) < 4.78 is 0. The van der Waals surface area contributed by atoms with Gasteiger partial charge in [-0.1, -0.05) is 48.0 Å². The number of hydrogen-bond acceptors (Lipinski definition) is 2. The van der Waals surface area contributed by atoms with E-state index < -0.39 is 0 Å². The minimum atomic E-state index is -0.0667. The van der Waals surface area contributed by atoms with Crippen molar-refractivity contribution in [2.75, 3.05) is 11.9 Å². The van der Waals surface area contributed by atoms with Crippen molar-refractivity contribution in [3.05, 3.63) is 64.7 Å². The molecule has 0 heterocycles. The van der Waals surface area contributed by atoms with Gasteiger partial charge >= 0.3 is 0 Å². The first kappa shape index (κ1) is 15.4. The third-order valence-electron chi connectivity index (χ3n) is 3.24. The molecule has 2 rings (SSSR count). The third kappa shape index (κ3) is 4.50. The van der Waals surface area contributed by atoms with E-state index in [9.17, 15) is 4.79 Å². The van der Waals surface area contributed by atoms with Crippen molar-refractivity contribution in [3.63, 3.8) is 0 Å². The summed E-state index contributed by atoms with van der Waals surface area (Å²) in [6.45, 7) is 4.13. The van der Waals surface area contributed by atoms with Crippen LogP contribution in [0, 0.1) is 6.92 Å². The highest BCUT2D eigenvalue weighted by Gasteiger charge is 2.09. The third-order valence-corrected chi connectivity index (χ3v) is 3.55. The molecule has 1 amide bonds. The summed E-state index contributed by atoms with van der Waals surface area (Å²) in [5, 5.41) is 6.63. The second-order valence-electron chi connectivity index (χ2n) is 5.04. The molecule has 1 atom stereocenters. The number of hydrogen-bond donors (Lipinski definition) is 2. The lowest BCUT2D eigenvalue weighted by atomic mass is 10.1. The predicted octanol–water partition coefficient (Wildman–Crippen LogP) is 3.94. The Hall–Kier alpha value is -2.00. The molecule has 0 aliphatic heterocycles. The van der Waals surface area contributed by atoms with Gasteiger partial charge in [-0.25, -0.2) is 0 Å². The van der Waals surface area contributed by atoms with Gasteiger partial charge in [0.2, 0.25) is 5.91 Å². The summed E-state index contributed by atoms with van der Waals surface area (Å²) in [6, 6.07) is 15.6. The maximum absolute atomic E-state index is 12.0. The van der Waals surface area contributed by atoms with E-state index in [1.54, 1.807) is 0 Å². The molecule has 0 aromatic heterocycles. The van der Waals surface area contributed by atoms with E-state index in [0.717, 1.165) is 16.8 Å². The Balaban J connectivity index is 1.87. The number of carbonyl (C=O) groups excluding carboxylic acids is 1. The second kappa shape index (κ2) is 7.14. The number of anilines is 1. The number of rotatable bonds is 5. The number of nitrogens with one attached hydrogen (secondary N) is 2. The zero-order valence-corrected chi connectivity index (χ0v) is 12.9. The molecule has 3 nitrogen and oxygen atoms in total. The first-order valence-electron chi connectivity index (χ1n) is 6.90. The van der Waals surface area contributed by atoms with Crippen LogP contribution >= 0.6 is 11.6 Å². The Morgan fingerprint density at radius 2 is 1.90 bits per heavy atom. The monoisotopic (exact) mass is 302 g/mol. The van der Waals surface area contributed by atoms with Crippen LogP contribution in [0.2, 0.25) is 5.02 Å². The molecule has 0 aliphatic carbocycles. The molecule has 0 radical (unpaired) electrons. The van der Waals surface area contributed by atoms with Gasteiger partial charge in [0.1, 0.15) is 0 Å². The fourth-order valence-corrected chi connectivity index (χ4v) is 2.36. The van der Waals surface area contributed by atoms with Crippen LogP contribution in [0.1, 0.15) is 24.1 Å². The fraction of sp³-hybridized carbons (Fsp3) is 0.235. The van der Waals surface area contributed by atoms with E-state index in [4.69, 9.17) is 11.6 Å². The van der Waals surface area contributed by atoms with Crippen molar-refractivity contribution in [1.29, 1.82) is 0 Å². The Kier molecular flexibility index (Phi) is 5.23. The molecular formula is C17H19ClN2O. The maximum atomic E-state index is 12.0. The molecule has 21 heavy (non-hydrogen) atoms. The average Bonchev–Trinajstić information content (AvgIpc) is 2.47. The summed E-state index contributed by atoms with van der Waals surface area (Å²) in [7, 11) is 0. The number of aryl methyl sites for hydroxylation is 1. The largest absolute Gasteiger partial charge is 0.375 e. The molecule has 110 valence electrons. The van der Waals surface area contributed by atoms with Gasteiger partial charge < -0.3 is 10.6 Å². The number of carbonyl (C=O) groups is 1. The number of halogens is 1. The molecule has 2 aromatic rings. The Labute approximate surface area is 130 Å². The van der Waals surface area contributed by atoms with E-state index in [1.165, 1.54) is 0 Å². The van der Waals surface area contributed by atoms with E-state index in [1.807, 2.05) is 62.4 Å². The van der Waals surface area contributed by atoms with Crippen LogP contribution < -0.4 is 10.6 Å². The average molecular weight is 303 g/mol. The van der Waals surface area contributed by atoms with Gasteiger partial charge in [-0.2, -0.15) is 0 Å². The summed E-state index contributed by atoms with van der Waals surface area (Å²) in [6.07, 6.45) is 0. The van der Waals surface area contributed by atoms with E-state index in [-0.39, 0.29) is 18.5 Å². The molecule has 2 N–H and O–H groups in total. The van der Waals surface area contributed by atoms with Gasteiger partial charge in [0, 0.05) is 0 Å². The Morgan fingerprint density at radius 1 is 1.19 bits per heavy atom. The highest BCUT2D eigenvalue weighted by atomic mass is 35.5. The number of benzene rings is 2. The van der Waals surface area contributed by atoms with Gasteiger partial charge in [0.25, 0.3) is 0 Å². The van der Waals surface area contributed by atoms with Crippen LogP contribution in [0.25, 0.3) is 0 Å². The molecule has 0 unspecified atom stereocenters. The van der Waals surface area contributed by atoms with Crippen LogP contribution in [0.15, 0.2) is 48.5 Å². The summed E-state index contributed by atoms with van der Waals surface area (Å²) >= 11 is 6.12. The highest BCUT2D eigenvalue weighted by molar-refractivity contribution is 6.33. The van der Waals surface area contributed by atoms with E-state index in [0.29, 0.717) is 5.02 Å². The summed E-state index contributed by atoms with van der Waals surface area (Å²) in [5.41, 5.74) is 2.94. The molecule has 0 saturated carbocycles. The van der Waals surface area contributed by atoms with E-state index >= 15 is 0 Å². The summed E-state index contributed by atoms with van der Waals surface area (Å²) in [4.78, 5) is 12.0. The minimum Gasteiger partial charge on any atom is -0.375 e. The maximum Gasteiger partial charge on any atom is 0.239 e. The molecule has 0 fully saturated rings. The van der Waals surface area contributed by atoms with Crippen LogP contribution in [-0.4, -0.2) is 12.5 Å². The van der Waals surface area contributed by atoms with Crippen molar-refractivity contribution in [2.45, 2.75) is 19.9 Å². The molecule has 0 bridgehead atoms. The van der Waals surface area contributed by atoms with Gasteiger partial charge in [0.05, 0.1) is 23.3 Å². The van der Waals surface area contributed by atoms with Crippen molar-refractivity contribution in [1.82, 2.24) is 5.32 Å².